The molecule has 0 aliphatic heterocycles. The number of halogens is 1. The first kappa shape index (κ1) is 13.3. The molecule has 100 valence electrons. The Morgan fingerprint density at radius 2 is 2.05 bits per heavy atom. The first-order chi connectivity index (χ1) is 8.99. The predicted octanol–water partition coefficient (Wildman–Crippen LogP) is 1.79. The number of aliphatic hydroxyl groups is 1. The average Bonchev–Trinajstić information content (AvgIpc) is 2.90. The number of hydrogen-bond acceptors (Lipinski definition) is 2. The third-order valence-electron chi connectivity index (χ3n) is 2.90. The molecule has 3 N–H and O–H groups in total. The van der Waals surface area contributed by atoms with E-state index in [-0.39, 0.29) is 18.3 Å². The van der Waals surface area contributed by atoms with E-state index in [0.29, 0.717) is 11.3 Å². The summed E-state index contributed by atoms with van der Waals surface area (Å²) in [5, 5.41) is 12.9. The van der Waals surface area contributed by atoms with Gasteiger partial charge in [0.1, 0.15) is 17.1 Å². The van der Waals surface area contributed by atoms with E-state index >= 15 is 0 Å². The van der Waals surface area contributed by atoms with Crippen molar-refractivity contribution in [3.63, 3.8) is 0 Å². The van der Waals surface area contributed by atoms with E-state index in [9.17, 15) is 14.3 Å². The van der Waals surface area contributed by atoms with Crippen molar-refractivity contribution < 1.29 is 14.3 Å². The van der Waals surface area contributed by atoms with Gasteiger partial charge >= 0.3 is 0 Å². The van der Waals surface area contributed by atoms with E-state index in [1.54, 1.807) is 25.3 Å². The minimum absolute atomic E-state index is 0.0382. The van der Waals surface area contributed by atoms with Gasteiger partial charge in [0.15, 0.2) is 0 Å². The highest BCUT2D eigenvalue weighted by Crippen LogP contribution is 2.19. The number of benzene rings is 1. The summed E-state index contributed by atoms with van der Waals surface area (Å²) < 4.78 is 12.8. The van der Waals surface area contributed by atoms with Gasteiger partial charge in [0, 0.05) is 6.20 Å². The number of H-pyrrole nitrogens is 1. The fourth-order valence-electron chi connectivity index (χ4n) is 1.73. The van der Waals surface area contributed by atoms with Crippen molar-refractivity contribution in [3.8, 4) is 0 Å². The van der Waals surface area contributed by atoms with Gasteiger partial charge in [0.25, 0.3) is 5.91 Å². The Labute approximate surface area is 110 Å². The summed E-state index contributed by atoms with van der Waals surface area (Å²) in [6.45, 7) is 1.60. The topological polar surface area (TPSA) is 65.1 Å². The highest BCUT2D eigenvalue weighted by molar-refractivity contribution is 5.92. The largest absolute Gasteiger partial charge is 0.384 e. The molecule has 1 amide bonds. The van der Waals surface area contributed by atoms with E-state index in [4.69, 9.17) is 0 Å². The molecule has 0 fully saturated rings. The molecule has 5 heteroatoms. The van der Waals surface area contributed by atoms with E-state index in [2.05, 4.69) is 10.3 Å². The number of hydrogen-bond donors (Lipinski definition) is 3. The normalized spacial score (nSPS) is 13.8. The molecule has 2 aromatic rings. The minimum atomic E-state index is -1.25. The van der Waals surface area contributed by atoms with Crippen molar-refractivity contribution >= 4 is 5.91 Å². The highest BCUT2D eigenvalue weighted by Gasteiger charge is 2.24. The molecule has 0 saturated carbocycles. The summed E-state index contributed by atoms with van der Waals surface area (Å²) in [7, 11) is 0. The van der Waals surface area contributed by atoms with Crippen molar-refractivity contribution in [1.82, 2.24) is 10.3 Å². The molecule has 0 spiro atoms. The molecule has 1 aromatic heterocycles. The summed E-state index contributed by atoms with van der Waals surface area (Å²) in [6.07, 6.45) is 1.65. The third-order valence-corrected chi connectivity index (χ3v) is 2.90. The van der Waals surface area contributed by atoms with Gasteiger partial charge in [-0.15, -0.1) is 0 Å². The zero-order valence-electron chi connectivity index (χ0n) is 10.5. The molecule has 0 radical (unpaired) electrons. The van der Waals surface area contributed by atoms with Gasteiger partial charge in [-0.3, -0.25) is 4.79 Å². The van der Waals surface area contributed by atoms with Gasteiger partial charge in [0.05, 0.1) is 6.54 Å². The standard InChI is InChI=1S/C14H15FN2O2/c1-14(19,10-4-6-11(15)7-5-10)9-17-13(18)12-3-2-8-16-12/h2-8,16,19H,9H2,1H3,(H,17,18). The smallest absolute Gasteiger partial charge is 0.267 e. The Morgan fingerprint density at radius 3 is 2.63 bits per heavy atom. The average molecular weight is 262 g/mol. The van der Waals surface area contributed by atoms with Gasteiger partial charge in [0.2, 0.25) is 0 Å². The van der Waals surface area contributed by atoms with Gasteiger partial charge in [-0.05, 0) is 36.8 Å². The molecular formula is C14H15FN2O2. The van der Waals surface area contributed by atoms with Crippen LogP contribution < -0.4 is 5.32 Å². The number of amides is 1. The molecule has 1 heterocycles. The maximum Gasteiger partial charge on any atom is 0.267 e. The van der Waals surface area contributed by atoms with Crippen LogP contribution in [0.15, 0.2) is 42.6 Å². The lowest BCUT2D eigenvalue weighted by molar-refractivity contribution is 0.0524. The van der Waals surface area contributed by atoms with Crippen LogP contribution in [0.3, 0.4) is 0 Å². The van der Waals surface area contributed by atoms with E-state index in [0.717, 1.165) is 0 Å². The Hall–Kier alpha value is -2.14. The fourth-order valence-corrected chi connectivity index (χ4v) is 1.73. The van der Waals surface area contributed by atoms with Crippen LogP contribution in [0, 0.1) is 5.82 Å². The van der Waals surface area contributed by atoms with Gasteiger partial charge in [-0.25, -0.2) is 4.39 Å². The molecule has 1 atom stereocenters. The van der Waals surface area contributed by atoms with Crippen molar-refractivity contribution in [1.29, 1.82) is 0 Å². The molecular weight excluding hydrogens is 247 g/mol. The third kappa shape index (κ3) is 3.20. The SMILES string of the molecule is CC(O)(CNC(=O)c1ccc[nH]1)c1ccc(F)cc1. The summed E-state index contributed by atoms with van der Waals surface area (Å²) in [4.78, 5) is 14.5. The van der Waals surface area contributed by atoms with Gasteiger partial charge < -0.3 is 15.4 Å². The highest BCUT2D eigenvalue weighted by atomic mass is 19.1. The first-order valence-electron chi connectivity index (χ1n) is 5.89. The van der Waals surface area contributed by atoms with Gasteiger partial charge in [-0.1, -0.05) is 12.1 Å². The number of carbonyl (C=O) groups is 1. The van der Waals surface area contributed by atoms with Crippen LogP contribution in [0.2, 0.25) is 0 Å². The Bertz CT molecular complexity index is 547. The van der Waals surface area contributed by atoms with Crippen LogP contribution in [-0.2, 0) is 5.60 Å². The summed E-state index contributed by atoms with van der Waals surface area (Å²) in [6, 6.07) is 8.90. The van der Waals surface area contributed by atoms with Crippen LogP contribution in [0.5, 0.6) is 0 Å². The maximum atomic E-state index is 12.8. The summed E-state index contributed by atoms with van der Waals surface area (Å²) >= 11 is 0. The van der Waals surface area contributed by atoms with Gasteiger partial charge in [-0.2, -0.15) is 0 Å². The molecule has 0 aliphatic carbocycles. The molecule has 0 aliphatic rings. The second kappa shape index (κ2) is 5.24. The Morgan fingerprint density at radius 1 is 1.37 bits per heavy atom. The lowest BCUT2D eigenvalue weighted by atomic mass is 9.96. The summed E-state index contributed by atoms with van der Waals surface area (Å²) in [5.74, 6) is -0.664. The molecule has 0 saturated heterocycles. The van der Waals surface area contributed by atoms with Crippen LogP contribution in [0.1, 0.15) is 23.0 Å². The Kier molecular flexibility index (Phi) is 3.66. The number of nitrogens with one attached hydrogen (secondary N) is 2. The molecule has 19 heavy (non-hydrogen) atoms. The lowest BCUT2D eigenvalue weighted by Crippen LogP contribution is -2.38. The maximum absolute atomic E-state index is 12.8. The van der Waals surface area contributed by atoms with Crippen LogP contribution in [0.4, 0.5) is 4.39 Å². The Balaban J connectivity index is 2.01. The van der Waals surface area contributed by atoms with Crippen LogP contribution in [-0.4, -0.2) is 22.5 Å². The molecule has 2 rings (SSSR count). The second-order valence-electron chi connectivity index (χ2n) is 4.55. The molecule has 1 unspecified atom stereocenters. The number of aromatic amines is 1. The second-order valence-corrected chi connectivity index (χ2v) is 4.55. The van der Waals surface area contributed by atoms with E-state index < -0.39 is 5.60 Å². The van der Waals surface area contributed by atoms with Crippen molar-refractivity contribution in [2.75, 3.05) is 6.54 Å². The lowest BCUT2D eigenvalue weighted by Gasteiger charge is -2.24. The molecule has 1 aromatic carbocycles. The quantitative estimate of drug-likeness (QED) is 0.786. The zero-order chi connectivity index (χ0) is 13.9. The van der Waals surface area contributed by atoms with Crippen molar-refractivity contribution in [3.05, 3.63) is 59.7 Å². The number of aromatic nitrogens is 1. The number of rotatable bonds is 4. The van der Waals surface area contributed by atoms with Crippen LogP contribution in [0.25, 0.3) is 0 Å². The van der Waals surface area contributed by atoms with E-state index in [1.165, 1.54) is 24.3 Å². The monoisotopic (exact) mass is 262 g/mol. The summed E-state index contributed by atoms with van der Waals surface area (Å²) in [5.41, 5.74) is -0.286. The first-order valence-corrected chi connectivity index (χ1v) is 5.89. The van der Waals surface area contributed by atoms with Crippen LogP contribution >= 0.6 is 0 Å². The molecule has 4 nitrogen and oxygen atoms in total. The fraction of sp³-hybridized carbons (Fsp3) is 0.214. The van der Waals surface area contributed by atoms with Crippen molar-refractivity contribution in [2.45, 2.75) is 12.5 Å². The predicted molar refractivity (Wildman–Crippen MR) is 69.1 cm³/mol. The zero-order valence-corrected chi connectivity index (χ0v) is 10.5. The number of carbonyl (C=O) groups excluding carboxylic acids is 1. The molecule has 0 bridgehead atoms. The minimum Gasteiger partial charge on any atom is -0.384 e. The van der Waals surface area contributed by atoms with Crippen molar-refractivity contribution in [2.24, 2.45) is 0 Å². The van der Waals surface area contributed by atoms with E-state index in [1.807, 2.05) is 0 Å².